The summed E-state index contributed by atoms with van der Waals surface area (Å²) in [5.41, 5.74) is 2.77. The molecular weight excluding hydrogens is 323 g/mol. The Morgan fingerprint density at radius 3 is 2.55 bits per heavy atom. The number of aliphatic imine (C=N–C) groups is 1. The number of hydrogen-bond donors (Lipinski definition) is 0. The summed E-state index contributed by atoms with van der Waals surface area (Å²) in [6.07, 6.45) is 2.79. The molecule has 0 aromatic heterocycles. The van der Waals surface area contributed by atoms with Crippen molar-refractivity contribution >= 4 is 41.1 Å². The highest BCUT2D eigenvalue weighted by atomic mass is 35.5. The van der Waals surface area contributed by atoms with Gasteiger partial charge in [-0.3, -0.25) is 4.79 Å². The molecular formula is C15H18Cl2N4O. The van der Waals surface area contributed by atoms with Crippen LogP contribution >= 0.6 is 23.2 Å². The van der Waals surface area contributed by atoms with Crippen LogP contribution in [0.2, 0.25) is 5.02 Å². The maximum atomic E-state index is 12.2. The molecule has 1 heterocycles. The van der Waals surface area contributed by atoms with E-state index in [-0.39, 0.29) is 12.5 Å². The molecule has 5 nitrogen and oxygen atoms in total. The van der Waals surface area contributed by atoms with Crippen molar-refractivity contribution in [2.24, 2.45) is 15.2 Å². The van der Waals surface area contributed by atoms with Crippen molar-refractivity contribution in [2.75, 3.05) is 11.4 Å². The minimum atomic E-state index is -1.26. The van der Waals surface area contributed by atoms with Crippen molar-refractivity contribution in [3.8, 4) is 0 Å². The Morgan fingerprint density at radius 2 is 2.05 bits per heavy atom. The monoisotopic (exact) mass is 340 g/mol. The van der Waals surface area contributed by atoms with E-state index in [1.54, 1.807) is 4.90 Å². The number of carbonyl (C=O) groups excluding carboxylic acids is 1. The van der Waals surface area contributed by atoms with E-state index in [2.05, 4.69) is 15.2 Å². The molecule has 1 aromatic carbocycles. The first-order valence-corrected chi connectivity index (χ1v) is 7.90. The third-order valence-corrected chi connectivity index (χ3v) is 4.22. The molecule has 22 heavy (non-hydrogen) atoms. The maximum absolute atomic E-state index is 12.2. The molecule has 1 amide bonds. The summed E-state index contributed by atoms with van der Waals surface area (Å²) in [4.78, 5) is 17.8. The van der Waals surface area contributed by atoms with E-state index in [1.165, 1.54) is 13.3 Å². The van der Waals surface area contributed by atoms with Crippen LogP contribution < -0.4 is 4.90 Å². The molecule has 0 saturated carbocycles. The molecule has 0 N–H and O–H groups in total. The SMILES string of the molecule is CCc1ccc(Cl)c(CC)c1N(CC1(Cl)N=CN=N1)C(C)=O. The molecule has 1 unspecified atom stereocenters. The molecule has 1 aliphatic heterocycles. The third kappa shape index (κ3) is 3.31. The summed E-state index contributed by atoms with van der Waals surface area (Å²) in [5, 5.41) is 6.95. The standard InChI is InChI=1S/C15H18Cl2N4O/c1-4-11-6-7-13(16)12(5-2)14(11)21(10(3)22)8-15(17)18-9-19-20-15/h6-7,9H,4-5,8H2,1-3H3. The second kappa shape index (κ2) is 6.75. The van der Waals surface area contributed by atoms with Crippen LogP contribution in [0.4, 0.5) is 5.69 Å². The fourth-order valence-corrected chi connectivity index (χ4v) is 2.99. The zero-order chi connectivity index (χ0) is 16.3. The number of nitrogens with zero attached hydrogens (tertiary/aromatic N) is 4. The minimum absolute atomic E-state index is 0.115. The van der Waals surface area contributed by atoms with Crippen LogP contribution in [0.1, 0.15) is 31.9 Å². The number of rotatable bonds is 5. The van der Waals surface area contributed by atoms with Crippen molar-refractivity contribution in [2.45, 2.75) is 38.7 Å². The second-order valence-corrected chi connectivity index (χ2v) is 6.04. The van der Waals surface area contributed by atoms with Gasteiger partial charge in [-0.05, 0) is 30.0 Å². The Bertz CT molecular complexity index is 631. The first-order valence-electron chi connectivity index (χ1n) is 7.14. The first kappa shape index (κ1) is 16.9. The minimum Gasteiger partial charge on any atom is -0.306 e. The molecule has 0 saturated heterocycles. The van der Waals surface area contributed by atoms with E-state index >= 15 is 0 Å². The molecule has 0 bridgehead atoms. The summed E-state index contributed by atoms with van der Waals surface area (Å²) in [7, 11) is 0. The number of halogens is 2. The molecule has 0 spiro atoms. The van der Waals surface area contributed by atoms with Gasteiger partial charge in [-0.25, -0.2) is 4.99 Å². The zero-order valence-electron chi connectivity index (χ0n) is 12.8. The molecule has 118 valence electrons. The normalized spacial score (nSPS) is 19.7. The topological polar surface area (TPSA) is 57.4 Å². The maximum Gasteiger partial charge on any atom is 0.264 e. The van der Waals surface area contributed by atoms with Crippen molar-refractivity contribution in [1.82, 2.24) is 0 Å². The lowest BCUT2D eigenvalue weighted by molar-refractivity contribution is -0.116. The van der Waals surface area contributed by atoms with Crippen molar-refractivity contribution < 1.29 is 4.79 Å². The van der Waals surface area contributed by atoms with E-state index in [0.717, 1.165) is 23.2 Å². The number of benzene rings is 1. The molecule has 2 rings (SSSR count). The summed E-state index contributed by atoms with van der Waals surface area (Å²) in [5.74, 6) is -0.135. The van der Waals surface area contributed by atoms with Gasteiger partial charge in [-0.2, -0.15) is 0 Å². The average Bonchev–Trinajstić information content (AvgIpc) is 2.91. The van der Waals surface area contributed by atoms with Gasteiger partial charge in [0.2, 0.25) is 5.91 Å². The second-order valence-electron chi connectivity index (χ2n) is 5.02. The van der Waals surface area contributed by atoms with E-state index in [1.807, 2.05) is 26.0 Å². The lowest BCUT2D eigenvalue weighted by Crippen LogP contribution is -2.40. The van der Waals surface area contributed by atoms with Crippen LogP contribution in [0.5, 0.6) is 0 Å². The molecule has 7 heteroatoms. The molecule has 0 fully saturated rings. The summed E-state index contributed by atoms with van der Waals surface area (Å²) in [6.45, 7) is 5.65. The van der Waals surface area contributed by atoms with Crippen LogP contribution in [0.25, 0.3) is 0 Å². The number of azo groups is 1. The van der Waals surface area contributed by atoms with Gasteiger partial charge in [-0.15, -0.1) is 10.2 Å². The fourth-order valence-electron chi connectivity index (χ4n) is 2.49. The van der Waals surface area contributed by atoms with Gasteiger partial charge < -0.3 is 4.90 Å². The molecule has 1 atom stereocenters. The molecule has 1 aliphatic rings. The average molecular weight is 341 g/mol. The van der Waals surface area contributed by atoms with Gasteiger partial charge >= 0.3 is 0 Å². The van der Waals surface area contributed by atoms with Gasteiger partial charge in [0.05, 0.1) is 12.2 Å². The van der Waals surface area contributed by atoms with E-state index in [9.17, 15) is 4.79 Å². The van der Waals surface area contributed by atoms with Gasteiger partial charge in [0.15, 0.2) is 0 Å². The van der Waals surface area contributed by atoms with Gasteiger partial charge in [0.25, 0.3) is 5.12 Å². The Hall–Kier alpha value is -1.46. The largest absolute Gasteiger partial charge is 0.306 e. The van der Waals surface area contributed by atoms with Crippen molar-refractivity contribution in [3.63, 3.8) is 0 Å². The summed E-state index contributed by atoms with van der Waals surface area (Å²) >= 11 is 12.6. The van der Waals surface area contributed by atoms with Gasteiger partial charge in [-0.1, -0.05) is 43.1 Å². The number of carbonyl (C=O) groups is 1. The Balaban J connectivity index is 2.53. The number of aryl methyl sites for hydroxylation is 1. The highest BCUT2D eigenvalue weighted by Crippen LogP contribution is 2.35. The molecule has 0 aliphatic carbocycles. The lowest BCUT2D eigenvalue weighted by Gasteiger charge is -2.30. The highest BCUT2D eigenvalue weighted by Gasteiger charge is 2.34. The molecule has 0 radical (unpaired) electrons. The predicted molar refractivity (Wildman–Crippen MR) is 90.2 cm³/mol. The Kier molecular flexibility index (Phi) is 5.19. The number of alkyl halides is 1. The Morgan fingerprint density at radius 1 is 1.32 bits per heavy atom. The quantitative estimate of drug-likeness (QED) is 0.585. The van der Waals surface area contributed by atoms with Gasteiger partial charge in [0, 0.05) is 11.9 Å². The number of hydrogen-bond acceptors (Lipinski definition) is 4. The third-order valence-electron chi connectivity index (χ3n) is 3.57. The molecule has 1 aromatic rings. The van der Waals surface area contributed by atoms with E-state index in [0.29, 0.717) is 11.4 Å². The van der Waals surface area contributed by atoms with Crippen LogP contribution in [-0.4, -0.2) is 23.9 Å². The van der Waals surface area contributed by atoms with E-state index < -0.39 is 5.12 Å². The number of amides is 1. The summed E-state index contributed by atoms with van der Waals surface area (Å²) in [6, 6.07) is 3.80. The van der Waals surface area contributed by atoms with Crippen LogP contribution in [0.15, 0.2) is 27.4 Å². The zero-order valence-corrected chi connectivity index (χ0v) is 14.3. The first-order chi connectivity index (χ1) is 10.4. The van der Waals surface area contributed by atoms with Crippen molar-refractivity contribution in [3.05, 3.63) is 28.3 Å². The van der Waals surface area contributed by atoms with Gasteiger partial charge in [0.1, 0.15) is 6.34 Å². The Labute approximate surface area is 140 Å². The van der Waals surface area contributed by atoms with Crippen LogP contribution in [0.3, 0.4) is 0 Å². The van der Waals surface area contributed by atoms with Crippen molar-refractivity contribution in [1.29, 1.82) is 0 Å². The highest BCUT2D eigenvalue weighted by molar-refractivity contribution is 6.32. The predicted octanol–water partition coefficient (Wildman–Crippen LogP) is 4.20. The fraction of sp³-hybridized carbons (Fsp3) is 0.467. The van der Waals surface area contributed by atoms with Crippen LogP contribution in [0, 0.1) is 0 Å². The number of anilines is 1. The smallest absolute Gasteiger partial charge is 0.264 e. The van der Waals surface area contributed by atoms with E-state index in [4.69, 9.17) is 23.2 Å². The lowest BCUT2D eigenvalue weighted by atomic mass is 10.0. The summed E-state index contributed by atoms with van der Waals surface area (Å²) < 4.78 is 0. The van der Waals surface area contributed by atoms with Crippen LogP contribution in [-0.2, 0) is 17.6 Å².